The lowest BCUT2D eigenvalue weighted by atomic mass is 10.3. The van der Waals surface area contributed by atoms with Crippen LogP contribution in [0.2, 0.25) is 0 Å². The van der Waals surface area contributed by atoms with Gasteiger partial charge in [-0.1, -0.05) is 12.1 Å². The summed E-state index contributed by atoms with van der Waals surface area (Å²) in [5, 5.41) is 3.39. The van der Waals surface area contributed by atoms with Crippen molar-refractivity contribution in [2.24, 2.45) is 0 Å². The van der Waals surface area contributed by atoms with E-state index in [0.29, 0.717) is 11.6 Å². The quantitative estimate of drug-likeness (QED) is 0.895. The fourth-order valence-electron chi connectivity index (χ4n) is 1.44. The summed E-state index contributed by atoms with van der Waals surface area (Å²) in [5.74, 6) is -0.0898. The topological polar surface area (TPSA) is 45.2 Å². The highest BCUT2D eigenvalue weighted by atomic mass is 32.1. The fourth-order valence-corrected chi connectivity index (χ4v) is 2.32. The number of aromatic nitrogens is 1. The average molecular weight is 249 g/mol. The molecule has 0 unspecified atom stereocenters. The van der Waals surface area contributed by atoms with E-state index in [4.69, 9.17) is 0 Å². The van der Waals surface area contributed by atoms with Crippen molar-refractivity contribution >= 4 is 27.5 Å². The van der Waals surface area contributed by atoms with Crippen LogP contribution in [-0.2, 0) is 0 Å². The van der Waals surface area contributed by atoms with Gasteiger partial charge in [0.2, 0.25) is 0 Å². The van der Waals surface area contributed by atoms with E-state index >= 15 is 0 Å². The van der Waals surface area contributed by atoms with E-state index in [1.807, 2.05) is 43.3 Å². The summed E-state index contributed by atoms with van der Waals surface area (Å²) < 4.78 is 1.05. The molecule has 2 aromatic rings. The number of hydrogen-bond donors (Lipinski definition) is 1. The number of rotatable bonds is 4. The molecule has 0 aliphatic carbocycles. The van der Waals surface area contributed by atoms with Gasteiger partial charge < -0.3 is 10.2 Å². The first-order valence-electron chi connectivity index (χ1n) is 5.45. The molecule has 0 saturated heterocycles. The molecule has 5 heteroatoms. The minimum absolute atomic E-state index is 0.0898. The van der Waals surface area contributed by atoms with Crippen LogP contribution in [0.25, 0.3) is 10.2 Å². The van der Waals surface area contributed by atoms with Crippen LogP contribution < -0.4 is 5.32 Å². The van der Waals surface area contributed by atoms with E-state index in [-0.39, 0.29) is 5.91 Å². The molecule has 0 aliphatic rings. The molecule has 0 spiro atoms. The second-order valence-electron chi connectivity index (χ2n) is 4.05. The van der Waals surface area contributed by atoms with Crippen LogP contribution in [0, 0.1) is 0 Å². The fraction of sp³-hybridized carbons (Fsp3) is 0.333. The van der Waals surface area contributed by atoms with Gasteiger partial charge in [0.25, 0.3) is 5.91 Å². The maximum absolute atomic E-state index is 11.8. The molecule has 4 nitrogen and oxygen atoms in total. The van der Waals surface area contributed by atoms with Crippen molar-refractivity contribution in [2.45, 2.75) is 0 Å². The molecule has 2 rings (SSSR count). The first-order chi connectivity index (χ1) is 8.16. The lowest BCUT2D eigenvalue weighted by Gasteiger charge is -2.09. The Morgan fingerprint density at radius 3 is 2.88 bits per heavy atom. The van der Waals surface area contributed by atoms with E-state index in [2.05, 4.69) is 10.3 Å². The average Bonchev–Trinajstić information content (AvgIpc) is 2.71. The Morgan fingerprint density at radius 1 is 1.41 bits per heavy atom. The van der Waals surface area contributed by atoms with Crippen molar-refractivity contribution in [2.75, 3.05) is 27.2 Å². The van der Waals surface area contributed by atoms with Crippen LogP contribution in [0.3, 0.4) is 0 Å². The van der Waals surface area contributed by atoms with E-state index < -0.39 is 0 Å². The van der Waals surface area contributed by atoms with Gasteiger partial charge in [-0.05, 0) is 26.2 Å². The van der Waals surface area contributed by atoms with Gasteiger partial charge >= 0.3 is 0 Å². The van der Waals surface area contributed by atoms with E-state index in [1.165, 1.54) is 11.3 Å². The lowest BCUT2D eigenvalue weighted by molar-refractivity contribution is 0.0951. The highest BCUT2D eigenvalue weighted by Gasteiger charge is 2.10. The van der Waals surface area contributed by atoms with Crippen LogP contribution >= 0.6 is 11.3 Å². The largest absolute Gasteiger partial charge is 0.349 e. The number of carbonyl (C=O) groups is 1. The maximum Gasteiger partial charge on any atom is 0.280 e. The second kappa shape index (κ2) is 5.25. The number of hydrogen-bond acceptors (Lipinski definition) is 4. The van der Waals surface area contributed by atoms with Gasteiger partial charge in [0.15, 0.2) is 5.01 Å². The summed E-state index contributed by atoms with van der Waals surface area (Å²) in [4.78, 5) is 18.1. The molecule has 1 heterocycles. The normalized spacial score (nSPS) is 11.0. The van der Waals surface area contributed by atoms with Crippen molar-refractivity contribution < 1.29 is 4.79 Å². The molecule has 0 bridgehead atoms. The van der Waals surface area contributed by atoms with Gasteiger partial charge in [-0.2, -0.15) is 0 Å². The SMILES string of the molecule is CN(C)CCNC(=O)c1nc2ccccc2s1. The van der Waals surface area contributed by atoms with Crippen LogP contribution in [0.4, 0.5) is 0 Å². The number of para-hydroxylation sites is 1. The number of nitrogens with one attached hydrogen (secondary N) is 1. The third-order valence-corrected chi connectivity index (χ3v) is 3.37. The highest BCUT2D eigenvalue weighted by Crippen LogP contribution is 2.21. The van der Waals surface area contributed by atoms with E-state index in [0.717, 1.165) is 16.8 Å². The summed E-state index contributed by atoms with van der Waals surface area (Å²) in [7, 11) is 3.95. The zero-order valence-electron chi connectivity index (χ0n) is 9.93. The Hall–Kier alpha value is -1.46. The van der Waals surface area contributed by atoms with Crippen molar-refractivity contribution in [3.05, 3.63) is 29.3 Å². The molecule has 0 radical (unpaired) electrons. The first-order valence-corrected chi connectivity index (χ1v) is 6.27. The van der Waals surface area contributed by atoms with Gasteiger partial charge in [-0.3, -0.25) is 4.79 Å². The van der Waals surface area contributed by atoms with Crippen LogP contribution in [0.1, 0.15) is 9.80 Å². The molecule has 90 valence electrons. The number of likely N-dealkylation sites (N-methyl/N-ethyl adjacent to an activating group) is 1. The third kappa shape index (κ3) is 3.01. The Bertz CT molecular complexity index is 488. The van der Waals surface area contributed by atoms with Gasteiger partial charge in [0.1, 0.15) is 0 Å². The number of carbonyl (C=O) groups excluding carboxylic acids is 1. The van der Waals surface area contributed by atoms with Crippen molar-refractivity contribution in [3.63, 3.8) is 0 Å². The molecular formula is C12H15N3OS. The zero-order chi connectivity index (χ0) is 12.3. The van der Waals surface area contributed by atoms with E-state index in [1.54, 1.807) is 0 Å². The minimum atomic E-state index is -0.0898. The number of fused-ring (bicyclic) bond motifs is 1. The predicted molar refractivity (Wildman–Crippen MR) is 70.5 cm³/mol. The summed E-state index contributed by atoms with van der Waals surface area (Å²) in [5.41, 5.74) is 0.884. The molecule has 17 heavy (non-hydrogen) atoms. The molecule has 1 aromatic carbocycles. The highest BCUT2D eigenvalue weighted by molar-refractivity contribution is 7.20. The summed E-state index contributed by atoms with van der Waals surface area (Å²) in [6.07, 6.45) is 0. The molecule has 1 amide bonds. The van der Waals surface area contributed by atoms with Crippen LogP contribution in [0.5, 0.6) is 0 Å². The Kier molecular flexibility index (Phi) is 3.71. The van der Waals surface area contributed by atoms with Crippen LogP contribution in [-0.4, -0.2) is 43.0 Å². The predicted octanol–water partition coefficient (Wildman–Crippen LogP) is 1.59. The van der Waals surface area contributed by atoms with Crippen LogP contribution in [0.15, 0.2) is 24.3 Å². The number of benzene rings is 1. The standard InChI is InChI=1S/C12H15N3OS/c1-15(2)8-7-13-11(16)12-14-9-5-3-4-6-10(9)17-12/h3-6H,7-8H2,1-2H3,(H,13,16). The Labute approximate surface area is 104 Å². The van der Waals surface area contributed by atoms with Gasteiger partial charge in [-0.15, -0.1) is 11.3 Å². The molecular weight excluding hydrogens is 234 g/mol. The monoisotopic (exact) mass is 249 g/mol. The molecule has 0 atom stereocenters. The third-order valence-electron chi connectivity index (χ3n) is 2.33. The zero-order valence-corrected chi connectivity index (χ0v) is 10.8. The summed E-state index contributed by atoms with van der Waals surface area (Å²) in [6, 6.07) is 7.77. The molecule has 0 fully saturated rings. The first kappa shape index (κ1) is 12.0. The van der Waals surface area contributed by atoms with Gasteiger partial charge in [0, 0.05) is 13.1 Å². The van der Waals surface area contributed by atoms with Gasteiger partial charge in [0.05, 0.1) is 10.2 Å². The van der Waals surface area contributed by atoms with Crippen molar-refractivity contribution in [3.8, 4) is 0 Å². The number of thiazole rings is 1. The minimum Gasteiger partial charge on any atom is -0.349 e. The Balaban J connectivity index is 2.04. The second-order valence-corrected chi connectivity index (χ2v) is 5.08. The Morgan fingerprint density at radius 2 is 2.18 bits per heavy atom. The number of amides is 1. The molecule has 1 aromatic heterocycles. The maximum atomic E-state index is 11.8. The summed E-state index contributed by atoms with van der Waals surface area (Å²) in [6.45, 7) is 1.47. The van der Waals surface area contributed by atoms with Crippen molar-refractivity contribution in [1.82, 2.24) is 15.2 Å². The lowest BCUT2D eigenvalue weighted by Crippen LogP contribution is -2.31. The van der Waals surface area contributed by atoms with Crippen molar-refractivity contribution in [1.29, 1.82) is 0 Å². The summed E-state index contributed by atoms with van der Waals surface area (Å²) >= 11 is 1.43. The molecule has 1 N–H and O–H groups in total. The van der Waals surface area contributed by atoms with Gasteiger partial charge in [-0.25, -0.2) is 4.98 Å². The number of nitrogens with zero attached hydrogens (tertiary/aromatic N) is 2. The molecule has 0 aliphatic heterocycles. The molecule has 0 saturated carbocycles. The smallest absolute Gasteiger partial charge is 0.280 e. The van der Waals surface area contributed by atoms with E-state index in [9.17, 15) is 4.79 Å².